The van der Waals surface area contributed by atoms with Crippen molar-refractivity contribution in [2.45, 2.75) is 110 Å². The van der Waals surface area contributed by atoms with Crippen molar-refractivity contribution < 1.29 is 0 Å². The summed E-state index contributed by atoms with van der Waals surface area (Å²) in [5.74, 6) is 6.51. The molecule has 117 valence electrons. The van der Waals surface area contributed by atoms with Crippen LogP contribution in [0.4, 0.5) is 0 Å². The molecule has 0 N–H and O–H groups in total. The van der Waals surface area contributed by atoms with Crippen LogP contribution in [0.5, 0.6) is 0 Å². The van der Waals surface area contributed by atoms with Crippen LogP contribution in [0.15, 0.2) is 0 Å². The molecule has 0 rings (SSSR count). The molecule has 1 radical (unpaired) electrons. The fourth-order valence-electron chi connectivity index (χ4n) is 2.41. The van der Waals surface area contributed by atoms with E-state index in [1.54, 1.807) is 0 Å². The molecule has 0 aliphatic heterocycles. The first-order valence-corrected chi connectivity index (χ1v) is 9.21. The van der Waals surface area contributed by atoms with E-state index in [1.807, 2.05) is 0 Å². The second-order valence-corrected chi connectivity index (χ2v) is 5.95. The molecule has 0 bridgehead atoms. The summed E-state index contributed by atoms with van der Waals surface area (Å²) in [4.78, 5) is 0. The van der Waals surface area contributed by atoms with Gasteiger partial charge in [0.05, 0.1) is 0 Å². The maximum absolute atomic E-state index is 3.29. The second kappa shape index (κ2) is 18.6. The lowest BCUT2D eigenvalue weighted by Gasteiger charge is -1.99. The van der Waals surface area contributed by atoms with Crippen molar-refractivity contribution in [3.05, 3.63) is 6.42 Å². The van der Waals surface area contributed by atoms with E-state index in [4.69, 9.17) is 0 Å². The van der Waals surface area contributed by atoms with Gasteiger partial charge >= 0.3 is 0 Å². The third-order valence-corrected chi connectivity index (χ3v) is 3.81. The standard InChI is InChI=1S/C20H37/c1-3-5-7-9-11-13-15-17-19-20-18-16-14-12-10-8-6-4-2/h19H,3-17H2,1-2H3. The third-order valence-electron chi connectivity index (χ3n) is 3.81. The van der Waals surface area contributed by atoms with Crippen LogP contribution < -0.4 is 0 Å². The molecule has 0 amide bonds. The molecular weight excluding hydrogens is 240 g/mol. The number of rotatable bonds is 14. The molecule has 0 saturated heterocycles. The first-order chi connectivity index (χ1) is 9.91. The molecule has 0 aromatic carbocycles. The molecule has 0 aliphatic rings. The zero-order valence-corrected chi connectivity index (χ0v) is 14.2. The van der Waals surface area contributed by atoms with Crippen LogP contribution >= 0.6 is 0 Å². The fraction of sp³-hybridized carbons (Fsp3) is 0.850. The highest BCUT2D eigenvalue weighted by molar-refractivity contribution is 5.09. The molecule has 0 nitrogen and oxygen atoms in total. The second-order valence-electron chi connectivity index (χ2n) is 5.95. The van der Waals surface area contributed by atoms with Crippen LogP contribution in [0, 0.1) is 18.3 Å². The molecule has 0 atom stereocenters. The Bertz CT molecular complexity index is 218. The van der Waals surface area contributed by atoms with Crippen LogP contribution in [0.3, 0.4) is 0 Å². The molecule has 0 aliphatic carbocycles. The van der Waals surface area contributed by atoms with Gasteiger partial charge in [0.25, 0.3) is 0 Å². The minimum Gasteiger partial charge on any atom is -0.103 e. The van der Waals surface area contributed by atoms with Crippen molar-refractivity contribution in [3.63, 3.8) is 0 Å². The molecule has 0 spiro atoms. The zero-order chi connectivity index (χ0) is 14.7. The van der Waals surface area contributed by atoms with Crippen molar-refractivity contribution in [2.24, 2.45) is 0 Å². The van der Waals surface area contributed by atoms with Gasteiger partial charge in [-0.05, 0) is 12.8 Å². The predicted molar refractivity (Wildman–Crippen MR) is 92.7 cm³/mol. The number of hydrogen-bond acceptors (Lipinski definition) is 0. The number of hydrogen-bond donors (Lipinski definition) is 0. The lowest BCUT2D eigenvalue weighted by atomic mass is 10.1. The van der Waals surface area contributed by atoms with Gasteiger partial charge in [-0.1, -0.05) is 96.8 Å². The summed E-state index contributed by atoms with van der Waals surface area (Å²) >= 11 is 0. The number of unbranched alkanes of at least 4 members (excludes halogenated alkanes) is 14. The van der Waals surface area contributed by atoms with E-state index >= 15 is 0 Å². The highest BCUT2D eigenvalue weighted by Gasteiger charge is 1.91. The minimum absolute atomic E-state index is 1.10. The normalized spacial score (nSPS) is 10.3. The van der Waals surface area contributed by atoms with Crippen molar-refractivity contribution in [3.8, 4) is 11.8 Å². The van der Waals surface area contributed by atoms with Crippen LogP contribution in [0.2, 0.25) is 0 Å². The SMILES string of the molecule is CCCCCCCCC#C[CH]CCCCCCCCC. The van der Waals surface area contributed by atoms with Crippen LogP contribution in [-0.4, -0.2) is 0 Å². The Morgan fingerprint density at radius 1 is 0.600 bits per heavy atom. The third kappa shape index (κ3) is 17.6. The summed E-state index contributed by atoms with van der Waals surface area (Å²) < 4.78 is 0. The summed E-state index contributed by atoms with van der Waals surface area (Å²) in [6, 6.07) is 0. The highest BCUT2D eigenvalue weighted by atomic mass is 14.0. The topological polar surface area (TPSA) is 0 Å². The van der Waals surface area contributed by atoms with Crippen molar-refractivity contribution >= 4 is 0 Å². The Balaban J connectivity index is 3.06. The average molecular weight is 278 g/mol. The van der Waals surface area contributed by atoms with E-state index in [9.17, 15) is 0 Å². The Hall–Kier alpha value is -0.440. The first-order valence-electron chi connectivity index (χ1n) is 9.21. The van der Waals surface area contributed by atoms with Crippen molar-refractivity contribution in [2.75, 3.05) is 0 Å². The summed E-state index contributed by atoms with van der Waals surface area (Å²) in [5.41, 5.74) is 0. The molecule has 0 fully saturated rings. The van der Waals surface area contributed by atoms with E-state index < -0.39 is 0 Å². The van der Waals surface area contributed by atoms with E-state index in [1.165, 1.54) is 89.9 Å². The molecule has 0 heterocycles. The van der Waals surface area contributed by atoms with Gasteiger partial charge in [0.15, 0.2) is 0 Å². The Labute approximate surface area is 129 Å². The van der Waals surface area contributed by atoms with Gasteiger partial charge in [0.1, 0.15) is 0 Å². The molecule has 20 heavy (non-hydrogen) atoms. The molecule has 0 aromatic rings. The average Bonchev–Trinajstić information content (AvgIpc) is 2.47. The van der Waals surface area contributed by atoms with Gasteiger partial charge in [-0.15, -0.1) is 5.92 Å². The van der Waals surface area contributed by atoms with Gasteiger partial charge in [-0.2, -0.15) is 0 Å². The van der Waals surface area contributed by atoms with Gasteiger partial charge in [0, 0.05) is 12.8 Å². The van der Waals surface area contributed by atoms with Crippen LogP contribution in [-0.2, 0) is 0 Å². The maximum atomic E-state index is 3.29. The van der Waals surface area contributed by atoms with Crippen LogP contribution in [0.1, 0.15) is 110 Å². The van der Waals surface area contributed by atoms with Crippen molar-refractivity contribution in [1.82, 2.24) is 0 Å². The summed E-state index contributed by atoms with van der Waals surface area (Å²) in [7, 11) is 0. The van der Waals surface area contributed by atoms with Gasteiger partial charge in [-0.3, -0.25) is 0 Å². The smallest absolute Gasteiger partial charge is 0.0340 e. The van der Waals surface area contributed by atoms with Gasteiger partial charge in [0.2, 0.25) is 0 Å². The molecule has 0 aromatic heterocycles. The quantitative estimate of drug-likeness (QED) is 0.235. The van der Waals surface area contributed by atoms with E-state index in [2.05, 4.69) is 32.1 Å². The van der Waals surface area contributed by atoms with Crippen molar-refractivity contribution in [1.29, 1.82) is 0 Å². The van der Waals surface area contributed by atoms with E-state index in [0.717, 1.165) is 6.42 Å². The summed E-state index contributed by atoms with van der Waals surface area (Å²) in [5, 5.41) is 0. The molecular formula is C20H37. The molecule has 0 saturated carbocycles. The zero-order valence-electron chi connectivity index (χ0n) is 14.2. The monoisotopic (exact) mass is 277 g/mol. The molecule has 0 unspecified atom stereocenters. The van der Waals surface area contributed by atoms with Crippen LogP contribution in [0.25, 0.3) is 0 Å². The Kier molecular flexibility index (Phi) is 18.2. The minimum atomic E-state index is 1.10. The van der Waals surface area contributed by atoms with E-state index in [0.29, 0.717) is 0 Å². The largest absolute Gasteiger partial charge is 0.103 e. The van der Waals surface area contributed by atoms with Gasteiger partial charge < -0.3 is 0 Å². The molecule has 0 heteroatoms. The summed E-state index contributed by atoms with van der Waals surface area (Å²) in [6.45, 7) is 4.55. The lowest BCUT2D eigenvalue weighted by molar-refractivity contribution is 0.589. The maximum Gasteiger partial charge on any atom is 0.0340 e. The predicted octanol–water partition coefficient (Wildman–Crippen LogP) is 7.09. The lowest BCUT2D eigenvalue weighted by Crippen LogP contribution is -1.81. The Morgan fingerprint density at radius 2 is 1.10 bits per heavy atom. The van der Waals surface area contributed by atoms with Gasteiger partial charge in [-0.25, -0.2) is 0 Å². The highest BCUT2D eigenvalue weighted by Crippen LogP contribution is 2.09. The first kappa shape index (κ1) is 19.6. The Morgan fingerprint density at radius 3 is 1.70 bits per heavy atom. The summed E-state index contributed by atoms with van der Waals surface area (Å²) in [6.07, 6.45) is 22.4. The fourth-order valence-corrected chi connectivity index (χ4v) is 2.41. The van der Waals surface area contributed by atoms with E-state index in [-0.39, 0.29) is 0 Å².